The fourth-order valence-electron chi connectivity index (χ4n) is 2.13. The monoisotopic (exact) mass is 377 g/mol. The van der Waals surface area contributed by atoms with Crippen molar-refractivity contribution in [1.82, 2.24) is 0 Å². The van der Waals surface area contributed by atoms with Gasteiger partial charge in [0.05, 0.1) is 0 Å². The number of nitrogens with two attached hydrogens (primary N) is 2. The fraction of sp³-hybridized carbons (Fsp3) is 0.125. The molecule has 10 heteroatoms. The molecule has 0 saturated heterocycles. The zero-order valence-electron chi connectivity index (χ0n) is 13.5. The van der Waals surface area contributed by atoms with Crippen molar-refractivity contribution in [2.45, 2.75) is 12.2 Å². The zero-order valence-corrected chi connectivity index (χ0v) is 14.4. The molecular weight excluding hydrogens is 359 g/mol. The molecule has 0 saturated carbocycles. The summed E-state index contributed by atoms with van der Waals surface area (Å²) in [6, 6.07) is 17.0. The first-order valence-corrected chi connectivity index (χ1v) is 8.52. The molecule has 2 atom stereocenters. The Kier molecular flexibility index (Phi) is 7.04. The summed E-state index contributed by atoms with van der Waals surface area (Å²) < 4.78 is 23.0. The van der Waals surface area contributed by atoms with Crippen molar-refractivity contribution >= 4 is 19.9 Å². The Morgan fingerprint density at radius 3 is 1.46 bits per heavy atom. The van der Waals surface area contributed by atoms with Gasteiger partial charge in [-0.25, -0.2) is 0 Å². The van der Waals surface area contributed by atoms with Crippen LogP contribution < -0.4 is 11.5 Å². The summed E-state index contributed by atoms with van der Waals surface area (Å²) in [5.74, 6) is -0.605. The van der Waals surface area contributed by atoms with Crippen LogP contribution in [0.1, 0.15) is 23.3 Å². The molecule has 2 rings (SSSR count). The molecule has 2 aromatic carbocycles. The van der Waals surface area contributed by atoms with Crippen LogP contribution in [-0.2, 0) is 13.6 Å². The Labute approximate surface area is 150 Å². The van der Waals surface area contributed by atoms with Crippen molar-refractivity contribution in [2.75, 3.05) is 0 Å². The Balaban J connectivity index is 2.20. The maximum Gasteiger partial charge on any atom is 0.699 e. The zero-order chi connectivity index (χ0) is 18.9. The highest BCUT2D eigenvalue weighted by Gasteiger charge is 2.37. The Bertz CT molecular complexity index is 720. The van der Waals surface area contributed by atoms with E-state index in [9.17, 15) is 4.57 Å². The Morgan fingerprint density at radius 2 is 1.15 bits per heavy atom. The molecule has 136 valence electrons. The third kappa shape index (κ3) is 5.00. The summed E-state index contributed by atoms with van der Waals surface area (Å²) in [4.78, 5) is 0. The minimum Gasteiger partial charge on any atom is -0.409 e. The van der Waals surface area contributed by atoms with Gasteiger partial charge in [-0.1, -0.05) is 71.0 Å². The molecule has 0 spiro atoms. The van der Waals surface area contributed by atoms with E-state index >= 15 is 0 Å². The van der Waals surface area contributed by atoms with Gasteiger partial charge in [0.1, 0.15) is 0 Å². The van der Waals surface area contributed by atoms with Gasteiger partial charge in [0.2, 0.25) is 12.2 Å². The Hall–Kier alpha value is -3.00. The molecule has 2 unspecified atom stereocenters. The maximum atomic E-state index is 12.4. The number of amidine groups is 2. The molecule has 9 nitrogen and oxygen atoms in total. The van der Waals surface area contributed by atoms with Gasteiger partial charge in [-0.15, -0.1) is 9.05 Å². The molecule has 2 aromatic rings. The van der Waals surface area contributed by atoms with Gasteiger partial charge in [0, 0.05) is 4.57 Å². The van der Waals surface area contributed by atoms with Crippen LogP contribution in [0.4, 0.5) is 0 Å². The molecule has 0 heterocycles. The highest BCUT2D eigenvalue weighted by molar-refractivity contribution is 7.33. The molecular formula is C16H18N4O5P+. The largest absolute Gasteiger partial charge is 0.699 e. The predicted octanol–water partition coefficient (Wildman–Crippen LogP) is 2.65. The minimum atomic E-state index is -2.78. The van der Waals surface area contributed by atoms with Crippen LogP contribution in [0.25, 0.3) is 0 Å². The van der Waals surface area contributed by atoms with Gasteiger partial charge < -0.3 is 21.9 Å². The molecule has 0 amide bonds. The topological polar surface area (TPSA) is 153 Å². The maximum absolute atomic E-state index is 12.4. The SMILES string of the molecule is NC(=NO)C(O[P+](=O)OC(C(N)=NO)c1ccccc1)c1ccccc1. The molecule has 0 aliphatic rings. The lowest BCUT2D eigenvalue weighted by Crippen LogP contribution is -2.25. The second-order valence-electron chi connectivity index (χ2n) is 5.07. The number of hydrogen-bond donors (Lipinski definition) is 4. The molecule has 0 aliphatic heterocycles. The van der Waals surface area contributed by atoms with Crippen molar-refractivity contribution in [2.24, 2.45) is 21.8 Å². The lowest BCUT2D eigenvalue weighted by molar-refractivity contribution is 0.178. The standard InChI is InChI=1S/C16H17N4O5P/c17-15(19-21)13(11-7-3-1-4-8-11)24-26(23)25-14(16(18)20-22)12-9-5-2-6-10-12/h1-10,13-14H,(H5-,17,18,19,20,21,22)/p+1. The van der Waals surface area contributed by atoms with Crippen molar-refractivity contribution < 1.29 is 24.0 Å². The van der Waals surface area contributed by atoms with E-state index in [0.717, 1.165) is 0 Å². The summed E-state index contributed by atoms with van der Waals surface area (Å²) in [6.07, 6.45) is -2.21. The fourth-order valence-corrected chi connectivity index (χ4v) is 2.98. The first-order chi connectivity index (χ1) is 12.6. The van der Waals surface area contributed by atoms with E-state index in [2.05, 4.69) is 10.3 Å². The third-order valence-corrected chi connectivity index (χ3v) is 4.12. The van der Waals surface area contributed by atoms with E-state index in [1.807, 2.05) is 0 Å². The predicted molar refractivity (Wildman–Crippen MR) is 95.0 cm³/mol. The molecule has 0 fully saturated rings. The normalized spacial score (nSPS) is 15.3. The molecule has 6 N–H and O–H groups in total. The lowest BCUT2D eigenvalue weighted by atomic mass is 10.1. The van der Waals surface area contributed by atoms with E-state index in [1.165, 1.54) is 0 Å². The summed E-state index contributed by atoms with van der Waals surface area (Å²) in [6.45, 7) is 0. The third-order valence-electron chi connectivity index (χ3n) is 3.36. The second kappa shape index (κ2) is 9.47. The van der Waals surface area contributed by atoms with Crippen molar-refractivity contribution in [1.29, 1.82) is 0 Å². The number of hydrogen-bond acceptors (Lipinski definition) is 7. The average Bonchev–Trinajstić information content (AvgIpc) is 2.70. The van der Waals surface area contributed by atoms with E-state index in [0.29, 0.717) is 11.1 Å². The van der Waals surface area contributed by atoms with E-state index in [-0.39, 0.29) is 11.7 Å². The Morgan fingerprint density at radius 1 is 0.808 bits per heavy atom. The van der Waals surface area contributed by atoms with Crippen molar-refractivity contribution in [3.05, 3.63) is 71.8 Å². The first kappa shape index (κ1) is 19.3. The quantitative estimate of drug-likeness (QED) is 0.181. The number of rotatable bonds is 8. The van der Waals surface area contributed by atoms with E-state index < -0.39 is 20.5 Å². The molecule has 0 aliphatic carbocycles. The summed E-state index contributed by atoms with van der Waals surface area (Å²) in [7, 11) is -2.78. The number of nitrogens with zero attached hydrogens (tertiary/aromatic N) is 2. The van der Waals surface area contributed by atoms with Gasteiger partial charge >= 0.3 is 8.25 Å². The first-order valence-electron chi connectivity index (χ1n) is 7.42. The lowest BCUT2D eigenvalue weighted by Gasteiger charge is -2.12. The molecule has 0 bridgehead atoms. The highest BCUT2D eigenvalue weighted by atomic mass is 31.1. The van der Waals surface area contributed by atoms with Gasteiger partial charge in [0.25, 0.3) is 0 Å². The van der Waals surface area contributed by atoms with Crippen LogP contribution in [0.15, 0.2) is 71.0 Å². The van der Waals surface area contributed by atoms with Crippen LogP contribution in [0.5, 0.6) is 0 Å². The molecule has 0 aromatic heterocycles. The second-order valence-corrected chi connectivity index (χ2v) is 5.93. The van der Waals surface area contributed by atoms with Crippen LogP contribution in [0, 0.1) is 0 Å². The number of benzene rings is 2. The van der Waals surface area contributed by atoms with E-state index in [4.69, 9.17) is 30.9 Å². The number of oxime groups is 2. The van der Waals surface area contributed by atoms with Gasteiger partial charge in [-0.3, -0.25) is 0 Å². The van der Waals surface area contributed by atoms with E-state index in [1.54, 1.807) is 60.7 Å². The van der Waals surface area contributed by atoms with Gasteiger partial charge in [-0.05, 0) is 11.1 Å². The minimum absolute atomic E-state index is 0.303. The van der Waals surface area contributed by atoms with Crippen LogP contribution in [0.2, 0.25) is 0 Å². The van der Waals surface area contributed by atoms with Gasteiger partial charge in [0.15, 0.2) is 11.7 Å². The smallest absolute Gasteiger partial charge is 0.409 e. The summed E-state index contributed by atoms with van der Waals surface area (Å²) in [5, 5.41) is 23.7. The van der Waals surface area contributed by atoms with Gasteiger partial charge in [-0.2, -0.15) is 0 Å². The van der Waals surface area contributed by atoms with Crippen LogP contribution >= 0.6 is 8.25 Å². The van der Waals surface area contributed by atoms with Crippen molar-refractivity contribution in [3.63, 3.8) is 0 Å². The average molecular weight is 377 g/mol. The highest BCUT2D eigenvalue weighted by Crippen LogP contribution is 2.38. The van der Waals surface area contributed by atoms with Crippen LogP contribution in [0.3, 0.4) is 0 Å². The molecule has 26 heavy (non-hydrogen) atoms. The summed E-state index contributed by atoms with van der Waals surface area (Å²) >= 11 is 0. The molecule has 0 radical (unpaired) electrons. The summed E-state index contributed by atoms with van der Waals surface area (Å²) in [5.41, 5.74) is 12.3. The van der Waals surface area contributed by atoms with Crippen molar-refractivity contribution in [3.8, 4) is 0 Å². The van der Waals surface area contributed by atoms with Crippen LogP contribution in [-0.4, -0.2) is 22.1 Å².